The SMILES string of the molecule is C#CC1CSP(=O)(N(C)C)S1. The summed E-state index contributed by atoms with van der Waals surface area (Å²) in [4.78, 5) is 0. The third-order valence-electron chi connectivity index (χ3n) is 1.33. The summed E-state index contributed by atoms with van der Waals surface area (Å²) in [5.74, 6) is 3.43. The zero-order chi connectivity index (χ0) is 8.48. The van der Waals surface area contributed by atoms with E-state index < -0.39 is 5.70 Å². The van der Waals surface area contributed by atoms with E-state index in [1.165, 1.54) is 22.8 Å². The van der Waals surface area contributed by atoms with Crippen LogP contribution in [0.4, 0.5) is 0 Å². The Bertz CT molecular complexity index is 235. The van der Waals surface area contributed by atoms with E-state index in [2.05, 4.69) is 5.92 Å². The minimum atomic E-state index is -2.19. The molecule has 0 N–H and O–H groups in total. The van der Waals surface area contributed by atoms with Crippen molar-refractivity contribution < 1.29 is 4.57 Å². The van der Waals surface area contributed by atoms with E-state index in [4.69, 9.17) is 6.42 Å². The summed E-state index contributed by atoms with van der Waals surface area (Å²) in [6, 6.07) is 0. The molecule has 1 heterocycles. The highest BCUT2D eigenvalue weighted by Crippen LogP contribution is 2.76. The summed E-state index contributed by atoms with van der Waals surface area (Å²) in [5, 5.41) is 0.133. The first-order valence-corrected chi connectivity index (χ1v) is 7.89. The lowest BCUT2D eigenvalue weighted by molar-refractivity contribution is 0.544. The van der Waals surface area contributed by atoms with Crippen molar-refractivity contribution >= 4 is 28.5 Å². The van der Waals surface area contributed by atoms with E-state index in [1.807, 2.05) is 14.1 Å². The van der Waals surface area contributed by atoms with Crippen molar-refractivity contribution in [1.82, 2.24) is 4.67 Å². The normalized spacial score (nSPS) is 37.5. The van der Waals surface area contributed by atoms with Crippen molar-refractivity contribution in [1.29, 1.82) is 0 Å². The predicted molar refractivity (Wildman–Crippen MR) is 54.0 cm³/mol. The molecule has 0 bridgehead atoms. The lowest BCUT2D eigenvalue weighted by atomic mass is 10.5. The van der Waals surface area contributed by atoms with Crippen LogP contribution < -0.4 is 0 Å². The molecule has 2 unspecified atom stereocenters. The van der Waals surface area contributed by atoms with Crippen LogP contribution in [0, 0.1) is 12.3 Å². The Morgan fingerprint density at radius 1 is 1.73 bits per heavy atom. The third-order valence-corrected chi connectivity index (χ3v) is 10.8. The van der Waals surface area contributed by atoms with Crippen LogP contribution in [0.2, 0.25) is 0 Å². The van der Waals surface area contributed by atoms with Crippen LogP contribution in [-0.2, 0) is 4.57 Å². The second-order valence-electron chi connectivity index (χ2n) is 2.37. The average Bonchev–Trinajstić information content (AvgIpc) is 2.33. The zero-order valence-corrected chi connectivity index (χ0v) is 9.01. The van der Waals surface area contributed by atoms with Gasteiger partial charge in [-0.2, -0.15) is 0 Å². The second kappa shape index (κ2) is 3.45. The van der Waals surface area contributed by atoms with Gasteiger partial charge in [0.2, 0.25) is 0 Å². The van der Waals surface area contributed by atoms with Gasteiger partial charge in [0.15, 0.2) is 0 Å². The molecule has 1 fully saturated rings. The molecule has 0 amide bonds. The molecule has 11 heavy (non-hydrogen) atoms. The van der Waals surface area contributed by atoms with E-state index in [0.29, 0.717) is 0 Å². The molecule has 0 aromatic carbocycles. The fourth-order valence-corrected chi connectivity index (χ4v) is 8.88. The molecule has 1 rings (SSSR count). The highest BCUT2D eigenvalue weighted by Gasteiger charge is 2.37. The Kier molecular flexibility index (Phi) is 2.99. The van der Waals surface area contributed by atoms with Gasteiger partial charge >= 0.3 is 0 Å². The first-order valence-electron chi connectivity index (χ1n) is 3.15. The molecule has 1 aliphatic heterocycles. The molecular formula is C6H10NOPS2. The summed E-state index contributed by atoms with van der Waals surface area (Å²) in [6.07, 6.45) is 5.23. The van der Waals surface area contributed by atoms with Crippen molar-refractivity contribution in [3.63, 3.8) is 0 Å². The Morgan fingerprint density at radius 3 is 2.64 bits per heavy atom. The van der Waals surface area contributed by atoms with Crippen LogP contribution in [0.25, 0.3) is 0 Å². The lowest BCUT2D eigenvalue weighted by Gasteiger charge is -2.16. The number of hydrogen-bond donors (Lipinski definition) is 0. The standard InChI is InChI=1S/C6H10NOPS2/c1-4-6-5-10-9(8,11-6)7(2)3/h1,6H,5H2,2-3H3. The molecular weight excluding hydrogens is 197 g/mol. The van der Waals surface area contributed by atoms with Crippen LogP contribution in [0.3, 0.4) is 0 Å². The van der Waals surface area contributed by atoms with Crippen LogP contribution >= 0.6 is 28.5 Å². The van der Waals surface area contributed by atoms with Gasteiger partial charge in [-0.05, 0) is 14.1 Å². The van der Waals surface area contributed by atoms with E-state index in [9.17, 15) is 4.57 Å². The van der Waals surface area contributed by atoms with Gasteiger partial charge in [-0.15, -0.1) is 6.42 Å². The molecule has 0 spiro atoms. The zero-order valence-electron chi connectivity index (χ0n) is 6.48. The summed E-state index contributed by atoms with van der Waals surface area (Å²) < 4.78 is 13.6. The first kappa shape index (κ1) is 9.54. The number of rotatable bonds is 1. The summed E-state index contributed by atoms with van der Waals surface area (Å²) in [7, 11) is 3.67. The van der Waals surface area contributed by atoms with Gasteiger partial charge in [0.25, 0.3) is 5.70 Å². The first-order chi connectivity index (χ1) is 5.08. The van der Waals surface area contributed by atoms with Crippen LogP contribution in [0.1, 0.15) is 0 Å². The average molecular weight is 207 g/mol. The van der Waals surface area contributed by atoms with Crippen LogP contribution in [-0.4, -0.2) is 29.8 Å². The second-order valence-corrected chi connectivity index (χ2v) is 10.6. The van der Waals surface area contributed by atoms with Gasteiger partial charge in [0.1, 0.15) is 0 Å². The lowest BCUT2D eigenvalue weighted by Crippen LogP contribution is -2.01. The molecule has 1 saturated heterocycles. The monoisotopic (exact) mass is 207 g/mol. The Hall–Kier alpha value is 0.450. The predicted octanol–water partition coefficient (Wildman–Crippen LogP) is 2.14. The van der Waals surface area contributed by atoms with Gasteiger partial charge in [0, 0.05) is 5.75 Å². The maximum absolute atomic E-state index is 11.8. The Labute approximate surface area is 75.4 Å². The molecule has 62 valence electrons. The van der Waals surface area contributed by atoms with Gasteiger partial charge in [-0.25, -0.2) is 4.67 Å². The van der Waals surface area contributed by atoms with Crippen molar-refractivity contribution in [2.45, 2.75) is 5.25 Å². The van der Waals surface area contributed by atoms with E-state index >= 15 is 0 Å². The minimum Gasteiger partial charge on any atom is -0.283 e. The number of terminal acetylenes is 1. The van der Waals surface area contributed by atoms with Crippen molar-refractivity contribution in [2.75, 3.05) is 19.8 Å². The molecule has 0 radical (unpaired) electrons. The van der Waals surface area contributed by atoms with Crippen LogP contribution in [0.15, 0.2) is 0 Å². The van der Waals surface area contributed by atoms with E-state index in [1.54, 1.807) is 4.67 Å². The molecule has 5 heteroatoms. The molecule has 2 atom stereocenters. The van der Waals surface area contributed by atoms with Gasteiger partial charge in [-0.3, -0.25) is 4.57 Å². The van der Waals surface area contributed by atoms with Crippen molar-refractivity contribution in [3.05, 3.63) is 0 Å². The molecule has 0 aromatic rings. The van der Waals surface area contributed by atoms with Crippen molar-refractivity contribution in [2.24, 2.45) is 0 Å². The molecule has 0 saturated carbocycles. The highest BCUT2D eigenvalue weighted by atomic mass is 33.1. The summed E-state index contributed by atoms with van der Waals surface area (Å²) in [6.45, 7) is 0. The van der Waals surface area contributed by atoms with E-state index in [0.717, 1.165) is 5.75 Å². The number of hydrogen-bond acceptors (Lipinski definition) is 3. The molecule has 0 aliphatic carbocycles. The Balaban J connectivity index is 2.67. The smallest absolute Gasteiger partial charge is 0.258 e. The van der Waals surface area contributed by atoms with E-state index in [-0.39, 0.29) is 5.25 Å². The molecule has 0 aromatic heterocycles. The minimum absolute atomic E-state index is 0.133. The fourth-order valence-electron chi connectivity index (χ4n) is 0.672. The quantitative estimate of drug-likeness (QED) is 0.484. The maximum Gasteiger partial charge on any atom is 0.258 e. The topological polar surface area (TPSA) is 20.3 Å². The molecule has 2 nitrogen and oxygen atoms in total. The highest BCUT2D eigenvalue weighted by molar-refractivity contribution is 8.91. The van der Waals surface area contributed by atoms with Gasteiger partial charge < -0.3 is 0 Å². The van der Waals surface area contributed by atoms with Crippen molar-refractivity contribution in [3.8, 4) is 12.3 Å². The summed E-state index contributed by atoms with van der Waals surface area (Å²) in [5.41, 5.74) is -2.19. The Morgan fingerprint density at radius 2 is 2.36 bits per heavy atom. The fraction of sp³-hybridized carbons (Fsp3) is 0.667. The third kappa shape index (κ3) is 1.97. The van der Waals surface area contributed by atoms with Gasteiger partial charge in [-0.1, -0.05) is 28.7 Å². The maximum atomic E-state index is 11.8. The summed E-state index contributed by atoms with van der Waals surface area (Å²) >= 11 is 2.92. The van der Waals surface area contributed by atoms with Crippen LogP contribution in [0.5, 0.6) is 0 Å². The number of nitrogens with zero attached hydrogens (tertiary/aromatic N) is 1. The molecule has 1 aliphatic rings. The van der Waals surface area contributed by atoms with Gasteiger partial charge in [0.05, 0.1) is 5.25 Å². The largest absolute Gasteiger partial charge is 0.283 e.